The summed E-state index contributed by atoms with van der Waals surface area (Å²) >= 11 is 0. The third kappa shape index (κ3) is 66.9. The van der Waals surface area contributed by atoms with E-state index in [-0.39, 0.29) is 25.1 Å². The van der Waals surface area contributed by atoms with Crippen LogP contribution in [0.3, 0.4) is 0 Å². The molecule has 0 bridgehead atoms. The average molecular weight is 182 g/mol. The van der Waals surface area contributed by atoms with Crippen molar-refractivity contribution in [2.24, 2.45) is 0 Å². The quantitative estimate of drug-likeness (QED) is 0.506. The lowest BCUT2D eigenvalue weighted by atomic mass is 10.5. The van der Waals surface area contributed by atoms with Gasteiger partial charge in [-0.3, -0.25) is 9.59 Å². The van der Waals surface area contributed by atoms with Gasteiger partial charge in [-0.15, -0.1) is 0 Å². The Morgan fingerprint density at radius 3 is 1.00 bits per heavy atom. The first kappa shape index (κ1) is 22.4. The van der Waals surface area contributed by atoms with Gasteiger partial charge in [0, 0.05) is 12.8 Å². The van der Waals surface area contributed by atoms with Crippen LogP contribution in [0.2, 0.25) is 0 Å². The van der Waals surface area contributed by atoms with E-state index in [1.54, 1.807) is 13.8 Å². The van der Waals surface area contributed by atoms with Crippen LogP contribution in [0.1, 0.15) is 26.7 Å². The van der Waals surface area contributed by atoms with Crippen molar-refractivity contribution in [3.63, 3.8) is 0 Å². The summed E-state index contributed by atoms with van der Waals surface area (Å²) in [5, 5.41) is 15.4. The van der Waals surface area contributed by atoms with Gasteiger partial charge < -0.3 is 22.5 Å². The van der Waals surface area contributed by atoms with E-state index in [1.165, 1.54) is 0 Å². The summed E-state index contributed by atoms with van der Waals surface area (Å²) in [5.41, 5.74) is 0. The van der Waals surface area contributed by atoms with E-state index in [2.05, 4.69) is 0 Å². The van der Waals surface area contributed by atoms with Crippen LogP contribution >= 0.6 is 0 Å². The fourth-order valence-electron chi connectivity index (χ4n) is 0. The molecule has 0 saturated heterocycles. The number of rotatable bonds is 2. The molecule has 12 heavy (non-hydrogen) atoms. The second-order valence-electron chi connectivity index (χ2n) is 1.49. The lowest BCUT2D eigenvalue weighted by molar-refractivity contribution is -0.137. The van der Waals surface area contributed by atoms with Gasteiger partial charge in [-0.1, -0.05) is 13.8 Å². The smallest absolute Gasteiger partial charge is 0.303 e. The molecule has 76 valence electrons. The molecular formula is C6H18N2O4. The van der Waals surface area contributed by atoms with Crippen molar-refractivity contribution in [2.45, 2.75) is 26.7 Å². The molecule has 0 aliphatic rings. The molecule has 0 heterocycles. The van der Waals surface area contributed by atoms with E-state index >= 15 is 0 Å². The number of carbonyl (C=O) groups is 2. The minimum atomic E-state index is -0.745. The van der Waals surface area contributed by atoms with Gasteiger partial charge in [0.15, 0.2) is 0 Å². The number of aliphatic carboxylic acids is 2. The molecule has 0 fully saturated rings. The maximum absolute atomic E-state index is 9.37. The lowest BCUT2D eigenvalue weighted by Gasteiger charge is -1.71. The first-order valence-electron chi connectivity index (χ1n) is 2.98. The zero-order valence-electron chi connectivity index (χ0n) is 7.54. The van der Waals surface area contributed by atoms with E-state index in [4.69, 9.17) is 10.2 Å². The minimum absolute atomic E-state index is 0. The molecule has 0 aliphatic heterocycles. The first-order chi connectivity index (χ1) is 4.54. The molecule has 6 heteroatoms. The van der Waals surface area contributed by atoms with Gasteiger partial charge >= 0.3 is 11.9 Å². The van der Waals surface area contributed by atoms with Gasteiger partial charge in [0.25, 0.3) is 0 Å². The van der Waals surface area contributed by atoms with Crippen LogP contribution in [0.15, 0.2) is 0 Å². The molecule has 0 aromatic carbocycles. The van der Waals surface area contributed by atoms with Gasteiger partial charge in [0.2, 0.25) is 0 Å². The lowest BCUT2D eigenvalue weighted by Crippen LogP contribution is -1.86. The molecule has 0 aromatic rings. The Kier molecular flexibility index (Phi) is 30.8. The maximum Gasteiger partial charge on any atom is 0.303 e. The fourth-order valence-corrected chi connectivity index (χ4v) is 0. The minimum Gasteiger partial charge on any atom is -0.481 e. The molecule has 0 saturated carbocycles. The van der Waals surface area contributed by atoms with Crippen molar-refractivity contribution in [1.82, 2.24) is 12.3 Å². The van der Waals surface area contributed by atoms with Gasteiger partial charge in [-0.2, -0.15) is 0 Å². The predicted molar refractivity (Wildman–Crippen MR) is 45.9 cm³/mol. The molecular weight excluding hydrogens is 164 g/mol. The number of hydrogen-bond acceptors (Lipinski definition) is 4. The molecule has 0 spiro atoms. The Hall–Kier alpha value is -1.14. The van der Waals surface area contributed by atoms with E-state index in [9.17, 15) is 9.59 Å². The van der Waals surface area contributed by atoms with Crippen molar-refractivity contribution in [2.75, 3.05) is 0 Å². The van der Waals surface area contributed by atoms with E-state index in [0.717, 1.165) is 0 Å². The van der Waals surface area contributed by atoms with Crippen LogP contribution in [0.4, 0.5) is 0 Å². The zero-order chi connectivity index (χ0) is 8.57. The predicted octanol–water partition coefficient (Wildman–Crippen LogP) is 1.29. The van der Waals surface area contributed by atoms with Gasteiger partial charge in [-0.25, -0.2) is 0 Å². The number of hydrogen-bond donors (Lipinski definition) is 4. The van der Waals surface area contributed by atoms with Gasteiger partial charge in [0.1, 0.15) is 0 Å². The Balaban J connectivity index is -0.0000000457. The topological polar surface area (TPSA) is 145 Å². The molecule has 0 rings (SSSR count). The van der Waals surface area contributed by atoms with Crippen LogP contribution < -0.4 is 12.3 Å². The van der Waals surface area contributed by atoms with Crippen molar-refractivity contribution in [1.29, 1.82) is 0 Å². The average Bonchev–Trinajstić information content (AvgIpc) is 1.89. The van der Waals surface area contributed by atoms with Crippen molar-refractivity contribution in [3.8, 4) is 0 Å². The van der Waals surface area contributed by atoms with Crippen molar-refractivity contribution >= 4 is 11.9 Å². The molecule has 0 amide bonds. The van der Waals surface area contributed by atoms with Crippen LogP contribution in [0.25, 0.3) is 0 Å². The monoisotopic (exact) mass is 182 g/mol. The Morgan fingerprint density at radius 2 is 1.00 bits per heavy atom. The molecule has 0 radical (unpaired) electrons. The summed E-state index contributed by atoms with van der Waals surface area (Å²) < 4.78 is 0. The highest BCUT2D eigenvalue weighted by molar-refractivity contribution is 5.66. The first-order valence-corrected chi connectivity index (χ1v) is 2.98. The Morgan fingerprint density at radius 1 is 0.917 bits per heavy atom. The summed E-state index contributed by atoms with van der Waals surface area (Å²) in [6.07, 6.45) is 0.444. The van der Waals surface area contributed by atoms with Crippen LogP contribution in [-0.2, 0) is 9.59 Å². The van der Waals surface area contributed by atoms with Gasteiger partial charge in [0.05, 0.1) is 0 Å². The summed E-state index contributed by atoms with van der Waals surface area (Å²) in [4.78, 5) is 18.7. The Bertz CT molecular complexity index is 102. The molecule has 0 aliphatic carbocycles. The van der Waals surface area contributed by atoms with E-state index < -0.39 is 11.9 Å². The second kappa shape index (κ2) is 16.4. The molecule has 0 unspecified atom stereocenters. The highest BCUT2D eigenvalue weighted by Gasteiger charge is 1.81. The standard InChI is InChI=1S/2C3H6O2.2H3N/c2*1-2-3(4)5;;/h2*2H2,1H3,(H,4,5);2*1H3. The normalized spacial score (nSPS) is 6.17. The highest BCUT2D eigenvalue weighted by Crippen LogP contribution is 1.67. The fraction of sp³-hybridized carbons (Fsp3) is 0.667. The van der Waals surface area contributed by atoms with E-state index in [0.29, 0.717) is 0 Å². The highest BCUT2D eigenvalue weighted by atomic mass is 16.4. The molecule has 0 aromatic heterocycles. The molecule has 8 N–H and O–H groups in total. The van der Waals surface area contributed by atoms with E-state index in [1.807, 2.05) is 0 Å². The SMILES string of the molecule is CCC(=O)O.CCC(=O)O.N.N. The third-order valence-electron chi connectivity index (χ3n) is 0.605. The van der Waals surface area contributed by atoms with Crippen LogP contribution in [0, 0.1) is 0 Å². The van der Waals surface area contributed by atoms with Gasteiger partial charge in [-0.05, 0) is 0 Å². The summed E-state index contributed by atoms with van der Waals surface area (Å²) in [6.45, 7) is 3.20. The number of carboxylic acids is 2. The summed E-state index contributed by atoms with van der Waals surface area (Å²) in [7, 11) is 0. The second-order valence-corrected chi connectivity index (χ2v) is 1.49. The summed E-state index contributed by atoms with van der Waals surface area (Å²) in [6, 6.07) is 0. The van der Waals surface area contributed by atoms with Crippen LogP contribution in [0.5, 0.6) is 0 Å². The largest absolute Gasteiger partial charge is 0.481 e. The van der Waals surface area contributed by atoms with Crippen LogP contribution in [-0.4, -0.2) is 22.2 Å². The Labute approximate surface area is 71.8 Å². The molecule has 0 atom stereocenters. The van der Waals surface area contributed by atoms with Crippen molar-refractivity contribution < 1.29 is 19.8 Å². The number of carboxylic acid groups (broad SMARTS) is 2. The molecule has 6 nitrogen and oxygen atoms in total. The third-order valence-corrected chi connectivity index (χ3v) is 0.605. The zero-order valence-corrected chi connectivity index (χ0v) is 7.54. The maximum atomic E-state index is 9.37. The summed E-state index contributed by atoms with van der Waals surface area (Å²) in [5.74, 6) is -1.49. The van der Waals surface area contributed by atoms with Crippen molar-refractivity contribution in [3.05, 3.63) is 0 Å².